The van der Waals surface area contributed by atoms with Crippen molar-refractivity contribution in [3.05, 3.63) is 32.6 Å². The summed E-state index contributed by atoms with van der Waals surface area (Å²) in [5.41, 5.74) is 0.148. The topological polar surface area (TPSA) is 44.1 Å². The Morgan fingerprint density at radius 1 is 1.60 bits per heavy atom. The number of thiophene rings is 1. The molecule has 1 rings (SSSR count). The minimum absolute atomic E-state index is 0.148. The smallest absolute Gasteiger partial charge is 0.214 e. The number of allylic oxidation sites excluding steroid dienone is 1. The highest BCUT2D eigenvalue weighted by atomic mass is 79.9. The average Bonchev–Trinajstić information content (AvgIpc) is 2.60. The van der Waals surface area contributed by atoms with Gasteiger partial charge in [0.1, 0.15) is 11.6 Å². The summed E-state index contributed by atoms with van der Waals surface area (Å²) < 4.78 is 0.882. The lowest BCUT2D eigenvalue weighted by Gasteiger charge is -2.04. The number of hydrogen-bond acceptors (Lipinski definition) is 4. The molecule has 5 heteroatoms. The normalized spacial score (nSPS) is 10.9. The summed E-state index contributed by atoms with van der Waals surface area (Å²) in [5.74, 6) is -0.234. The Morgan fingerprint density at radius 3 is 2.67 bits per heavy atom. The van der Waals surface area contributed by atoms with Crippen molar-refractivity contribution in [2.24, 2.45) is 0 Å². The van der Waals surface area contributed by atoms with Gasteiger partial charge in [0.25, 0.3) is 0 Å². The number of halogens is 1. The number of hydrogen-bond donors (Lipinski definition) is 0. The van der Waals surface area contributed by atoms with Crippen LogP contribution in [0.1, 0.15) is 9.67 Å². The van der Waals surface area contributed by atoms with Crippen LogP contribution < -0.4 is 0 Å². The van der Waals surface area contributed by atoms with Crippen LogP contribution in [-0.4, -0.2) is 24.8 Å². The van der Waals surface area contributed by atoms with Crippen LogP contribution >= 0.6 is 27.3 Å². The van der Waals surface area contributed by atoms with Gasteiger partial charge in [-0.1, -0.05) is 0 Å². The molecule has 0 aliphatic rings. The fourth-order valence-corrected chi connectivity index (χ4v) is 2.31. The molecule has 0 saturated heterocycles. The van der Waals surface area contributed by atoms with E-state index in [0.717, 1.165) is 3.79 Å². The Bertz CT molecular complexity index is 443. The maximum Gasteiger partial charge on any atom is 0.214 e. The van der Waals surface area contributed by atoms with Crippen molar-refractivity contribution >= 4 is 33.0 Å². The maximum absolute atomic E-state index is 11.8. The summed E-state index contributed by atoms with van der Waals surface area (Å²) >= 11 is 4.60. The molecule has 1 aromatic heterocycles. The first-order valence-electron chi connectivity index (χ1n) is 4.13. The zero-order chi connectivity index (χ0) is 11.4. The molecule has 0 spiro atoms. The predicted molar refractivity (Wildman–Crippen MR) is 63.7 cm³/mol. The van der Waals surface area contributed by atoms with Crippen molar-refractivity contribution in [1.29, 1.82) is 5.26 Å². The van der Waals surface area contributed by atoms with E-state index < -0.39 is 0 Å². The van der Waals surface area contributed by atoms with Crippen LogP contribution in [0.3, 0.4) is 0 Å². The predicted octanol–water partition coefficient (Wildman–Crippen LogP) is 2.66. The average molecular weight is 285 g/mol. The molecule has 0 aliphatic heterocycles. The summed E-state index contributed by atoms with van der Waals surface area (Å²) in [6.07, 6.45) is 1.52. The highest BCUT2D eigenvalue weighted by Gasteiger charge is 2.14. The Labute approximate surface area is 101 Å². The zero-order valence-corrected chi connectivity index (χ0v) is 10.7. The molecule has 1 heterocycles. The van der Waals surface area contributed by atoms with Crippen LogP contribution in [0.15, 0.2) is 27.7 Å². The minimum Gasteiger partial charge on any atom is -0.382 e. The van der Waals surface area contributed by atoms with Crippen LogP contribution in [0.25, 0.3) is 0 Å². The Hall–Kier alpha value is -1.12. The van der Waals surface area contributed by atoms with Crippen LogP contribution in [0.2, 0.25) is 0 Å². The zero-order valence-electron chi connectivity index (χ0n) is 8.32. The molecule has 78 valence electrons. The van der Waals surface area contributed by atoms with E-state index in [2.05, 4.69) is 15.9 Å². The van der Waals surface area contributed by atoms with Crippen molar-refractivity contribution in [3.63, 3.8) is 0 Å². The fourth-order valence-electron chi connectivity index (χ4n) is 0.966. The van der Waals surface area contributed by atoms with E-state index in [-0.39, 0.29) is 11.4 Å². The lowest BCUT2D eigenvalue weighted by molar-refractivity contribution is 0.104. The number of carbonyl (C=O) groups excluding carboxylic acids is 1. The first-order chi connectivity index (χ1) is 7.04. The van der Waals surface area contributed by atoms with Gasteiger partial charge in [-0.3, -0.25) is 4.79 Å². The van der Waals surface area contributed by atoms with Crippen LogP contribution in [0.4, 0.5) is 0 Å². The Kier molecular flexibility index (Phi) is 4.06. The second-order valence-electron chi connectivity index (χ2n) is 3.05. The van der Waals surface area contributed by atoms with Gasteiger partial charge in [0.2, 0.25) is 5.78 Å². The first-order valence-corrected chi connectivity index (χ1v) is 5.74. The van der Waals surface area contributed by atoms with E-state index in [1.54, 1.807) is 31.1 Å². The maximum atomic E-state index is 11.8. The molecule has 0 atom stereocenters. The van der Waals surface area contributed by atoms with Gasteiger partial charge in [-0.15, -0.1) is 11.3 Å². The van der Waals surface area contributed by atoms with Gasteiger partial charge in [-0.25, -0.2) is 0 Å². The molecule has 0 radical (unpaired) electrons. The molecule has 0 aliphatic carbocycles. The summed E-state index contributed by atoms with van der Waals surface area (Å²) in [6, 6.07) is 5.40. The van der Waals surface area contributed by atoms with Gasteiger partial charge >= 0.3 is 0 Å². The first kappa shape index (κ1) is 12.0. The van der Waals surface area contributed by atoms with Crippen molar-refractivity contribution in [2.45, 2.75) is 0 Å². The third-order valence-electron chi connectivity index (χ3n) is 1.55. The third kappa shape index (κ3) is 3.18. The van der Waals surface area contributed by atoms with Gasteiger partial charge in [0.15, 0.2) is 0 Å². The number of Topliss-reactive ketones (excluding diaryl/α,β-unsaturated/α-hetero) is 1. The molecule has 0 fully saturated rings. The molecule has 0 N–H and O–H groups in total. The van der Waals surface area contributed by atoms with Crippen LogP contribution in [0.5, 0.6) is 0 Å². The minimum atomic E-state index is -0.234. The van der Waals surface area contributed by atoms with Crippen molar-refractivity contribution in [2.75, 3.05) is 14.1 Å². The number of nitriles is 1. The van der Waals surface area contributed by atoms with Crippen molar-refractivity contribution in [3.8, 4) is 6.07 Å². The van der Waals surface area contributed by atoms with E-state index in [1.807, 2.05) is 6.07 Å². The molecule has 1 aromatic rings. The number of carbonyl (C=O) groups is 1. The molecule has 3 nitrogen and oxygen atoms in total. The molecule has 15 heavy (non-hydrogen) atoms. The number of rotatable bonds is 3. The molecule has 0 unspecified atom stereocenters. The van der Waals surface area contributed by atoms with Gasteiger partial charge < -0.3 is 4.90 Å². The van der Waals surface area contributed by atoms with E-state index in [9.17, 15) is 4.79 Å². The lowest BCUT2D eigenvalue weighted by Crippen LogP contribution is -2.07. The van der Waals surface area contributed by atoms with Crippen molar-refractivity contribution in [1.82, 2.24) is 4.90 Å². The van der Waals surface area contributed by atoms with Gasteiger partial charge in [-0.2, -0.15) is 5.26 Å². The third-order valence-corrected chi connectivity index (χ3v) is 3.17. The van der Waals surface area contributed by atoms with E-state index in [4.69, 9.17) is 5.26 Å². The molecule has 0 aromatic carbocycles. The second-order valence-corrected chi connectivity index (χ2v) is 5.51. The highest BCUT2D eigenvalue weighted by molar-refractivity contribution is 9.11. The van der Waals surface area contributed by atoms with Crippen LogP contribution in [0, 0.1) is 11.3 Å². The van der Waals surface area contributed by atoms with Gasteiger partial charge in [0.05, 0.1) is 8.66 Å². The summed E-state index contributed by atoms with van der Waals surface area (Å²) in [4.78, 5) is 14.0. The van der Waals surface area contributed by atoms with E-state index in [0.29, 0.717) is 4.88 Å². The molecular formula is C10H9BrN2OS. The summed E-state index contributed by atoms with van der Waals surface area (Å²) in [7, 11) is 3.55. The standard InChI is InChI=1S/C10H9BrN2OS/c1-13(2)6-7(5-12)10(14)8-3-4-9(11)15-8/h3-4,6H,1-2H3. The SMILES string of the molecule is CN(C)C=C(C#N)C(=O)c1ccc(Br)s1. The summed E-state index contributed by atoms with van der Waals surface area (Å²) in [5, 5.41) is 8.84. The molecule has 0 amide bonds. The molecular weight excluding hydrogens is 276 g/mol. The quantitative estimate of drug-likeness (QED) is 0.487. The monoisotopic (exact) mass is 284 g/mol. The summed E-state index contributed by atoms with van der Waals surface area (Å²) in [6.45, 7) is 0. The van der Waals surface area contributed by atoms with Crippen molar-refractivity contribution < 1.29 is 4.79 Å². The van der Waals surface area contributed by atoms with E-state index >= 15 is 0 Å². The largest absolute Gasteiger partial charge is 0.382 e. The number of nitrogens with zero attached hydrogens (tertiary/aromatic N) is 2. The second kappa shape index (κ2) is 5.10. The molecule has 0 bridgehead atoms. The van der Waals surface area contributed by atoms with Gasteiger partial charge in [0, 0.05) is 20.3 Å². The Balaban J connectivity index is 2.99. The Morgan fingerprint density at radius 2 is 2.27 bits per heavy atom. The molecule has 0 saturated carbocycles. The fraction of sp³-hybridized carbons (Fsp3) is 0.200. The highest BCUT2D eigenvalue weighted by Crippen LogP contribution is 2.24. The van der Waals surface area contributed by atoms with Gasteiger partial charge in [-0.05, 0) is 28.1 Å². The number of ketones is 1. The lowest BCUT2D eigenvalue weighted by atomic mass is 10.2. The van der Waals surface area contributed by atoms with E-state index in [1.165, 1.54) is 17.5 Å². The van der Waals surface area contributed by atoms with Crippen LogP contribution in [-0.2, 0) is 0 Å².